The van der Waals surface area contributed by atoms with Gasteiger partial charge in [-0.2, -0.15) is 0 Å². The zero-order chi connectivity index (χ0) is 10.0. The first kappa shape index (κ1) is 9.90. The van der Waals surface area contributed by atoms with E-state index in [2.05, 4.69) is 6.58 Å². The molecule has 0 saturated carbocycles. The molecule has 0 spiro atoms. The SMILES string of the molecule is C=Cc1cc(F)c(C)c(F)c1CC. The standard InChI is InChI=1S/C11H12F2/c1-4-8-6-10(12)7(3)11(13)9(8)5-2/h4,6H,1,5H2,2-3H3. The Morgan fingerprint density at radius 1 is 1.46 bits per heavy atom. The molecule has 0 atom stereocenters. The van der Waals surface area contributed by atoms with Crippen molar-refractivity contribution in [2.24, 2.45) is 0 Å². The molecule has 0 amide bonds. The lowest BCUT2D eigenvalue weighted by Crippen LogP contribution is -1.98. The summed E-state index contributed by atoms with van der Waals surface area (Å²) >= 11 is 0. The Bertz CT molecular complexity index is 340. The minimum atomic E-state index is -0.510. The maximum Gasteiger partial charge on any atom is 0.132 e. The first-order valence-electron chi connectivity index (χ1n) is 4.21. The highest BCUT2D eigenvalue weighted by molar-refractivity contribution is 5.53. The van der Waals surface area contributed by atoms with Crippen LogP contribution in [-0.4, -0.2) is 0 Å². The first-order chi connectivity index (χ1) is 6.11. The van der Waals surface area contributed by atoms with Gasteiger partial charge in [-0.3, -0.25) is 0 Å². The number of benzene rings is 1. The normalized spacial score (nSPS) is 10.2. The van der Waals surface area contributed by atoms with E-state index in [1.54, 1.807) is 0 Å². The molecule has 0 bridgehead atoms. The van der Waals surface area contributed by atoms with Crippen molar-refractivity contribution in [3.8, 4) is 0 Å². The molecule has 2 heteroatoms. The van der Waals surface area contributed by atoms with Crippen LogP contribution in [0, 0.1) is 18.6 Å². The molecule has 0 heterocycles. The zero-order valence-electron chi connectivity index (χ0n) is 7.82. The third kappa shape index (κ3) is 1.62. The van der Waals surface area contributed by atoms with Gasteiger partial charge in [-0.1, -0.05) is 19.6 Å². The molecule has 0 unspecified atom stereocenters. The summed E-state index contributed by atoms with van der Waals surface area (Å²) < 4.78 is 26.5. The van der Waals surface area contributed by atoms with Crippen LogP contribution in [0.1, 0.15) is 23.6 Å². The molecular weight excluding hydrogens is 170 g/mol. The maximum absolute atomic E-state index is 13.4. The molecule has 0 aliphatic rings. The lowest BCUT2D eigenvalue weighted by Gasteiger charge is -2.08. The molecule has 0 nitrogen and oxygen atoms in total. The van der Waals surface area contributed by atoms with E-state index in [4.69, 9.17) is 0 Å². The first-order valence-corrected chi connectivity index (χ1v) is 4.21. The van der Waals surface area contributed by atoms with Crippen molar-refractivity contribution >= 4 is 6.08 Å². The Balaban J connectivity index is 3.47. The van der Waals surface area contributed by atoms with Crippen molar-refractivity contribution in [1.29, 1.82) is 0 Å². The molecule has 0 fully saturated rings. The van der Waals surface area contributed by atoms with Gasteiger partial charge in [0.1, 0.15) is 11.6 Å². The van der Waals surface area contributed by atoms with Gasteiger partial charge in [0.25, 0.3) is 0 Å². The van der Waals surface area contributed by atoms with Gasteiger partial charge in [-0.05, 0) is 30.5 Å². The third-order valence-electron chi connectivity index (χ3n) is 2.16. The smallest absolute Gasteiger partial charge is 0.132 e. The second kappa shape index (κ2) is 3.69. The second-order valence-electron chi connectivity index (χ2n) is 2.92. The summed E-state index contributed by atoms with van der Waals surface area (Å²) in [6, 6.07) is 1.32. The average Bonchev–Trinajstić information content (AvgIpc) is 2.13. The van der Waals surface area contributed by atoms with Crippen molar-refractivity contribution in [2.45, 2.75) is 20.3 Å². The fourth-order valence-corrected chi connectivity index (χ4v) is 1.33. The molecule has 1 aromatic rings. The highest BCUT2D eigenvalue weighted by Gasteiger charge is 2.11. The fourth-order valence-electron chi connectivity index (χ4n) is 1.33. The molecule has 13 heavy (non-hydrogen) atoms. The summed E-state index contributed by atoms with van der Waals surface area (Å²) in [5.41, 5.74) is 1.17. The summed E-state index contributed by atoms with van der Waals surface area (Å²) in [5.74, 6) is -0.956. The van der Waals surface area contributed by atoms with E-state index in [9.17, 15) is 8.78 Å². The summed E-state index contributed by atoms with van der Waals surface area (Å²) in [6.07, 6.45) is 2.03. The number of rotatable bonds is 2. The van der Waals surface area contributed by atoms with Gasteiger partial charge in [-0.25, -0.2) is 8.78 Å². The van der Waals surface area contributed by atoms with Gasteiger partial charge >= 0.3 is 0 Å². The van der Waals surface area contributed by atoms with Gasteiger partial charge in [0.15, 0.2) is 0 Å². The van der Waals surface area contributed by atoms with E-state index in [0.29, 0.717) is 17.5 Å². The molecular formula is C11H12F2. The van der Waals surface area contributed by atoms with Crippen molar-refractivity contribution < 1.29 is 8.78 Å². The van der Waals surface area contributed by atoms with E-state index in [1.807, 2.05) is 6.92 Å². The minimum absolute atomic E-state index is 0.0856. The molecule has 0 aliphatic heterocycles. The lowest BCUT2D eigenvalue weighted by molar-refractivity contribution is 0.558. The molecule has 1 aromatic carbocycles. The predicted molar refractivity (Wildman–Crippen MR) is 50.6 cm³/mol. The van der Waals surface area contributed by atoms with Crippen LogP contribution in [0.25, 0.3) is 6.08 Å². The van der Waals surface area contributed by atoms with Crippen LogP contribution in [0.2, 0.25) is 0 Å². The van der Waals surface area contributed by atoms with Gasteiger partial charge in [-0.15, -0.1) is 0 Å². The van der Waals surface area contributed by atoms with E-state index < -0.39 is 11.6 Å². The number of halogens is 2. The molecule has 0 saturated heterocycles. The summed E-state index contributed by atoms with van der Waals surface area (Å²) in [7, 11) is 0. The monoisotopic (exact) mass is 182 g/mol. The van der Waals surface area contributed by atoms with Crippen LogP contribution in [-0.2, 0) is 6.42 Å². The minimum Gasteiger partial charge on any atom is -0.207 e. The molecule has 70 valence electrons. The van der Waals surface area contributed by atoms with Crippen molar-refractivity contribution in [1.82, 2.24) is 0 Å². The quantitative estimate of drug-likeness (QED) is 0.656. The third-order valence-corrected chi connectivity index (χ3v) is 2.16. The Hall–Kier alpha value is -1.18. The van der Waals surface area contributed by atoms with Gasteiger partial charge in [0, 0.05) is 5.56 Å². The van der Waals surface area contributed by atoms with Crippen molar-refractivity contribution in [3.63, 3.8) is 0 Å². The van der Waals surface area contributed by atoms with Crippen LogP contribution in [0.15, 0.2) is 12.6 Å². The zero-order valence-corrected chi connectivity index (χ0v) is 7.82. The van der Waals surface area contributed by atoms with Crippen molar-refractivity contribution in [3.05, 3.63) is 41.0 Å². The molecule has 0 aromatic heterocycles. The Morgan fingerprint density at radius 3 is 2.54 bits per heavy atom. The van der Waals surface area contributed by atoms with E-state index in [1.165, 1.54) is 19.1 Å². The molecule has 1 rings (SSSR count). The predicted octanol–water partition coefficient (Wildman–Crippen LogP) is 3.48. The largest absolute Gasteiger partial charge is 0.207 e. The van der Waals surface area contributed by atoms with Crippen molar-refractivity contribution in [2.75, 3.05) is 0 Å². The number of hydrogen-bond acceptors (Lipinski definition) is 0. The highest BCUT2D eigenvalue weighted by atomic mass is 19.1. The topological polar surface area (TPSA) is 0 Å². The van der Waals surface area contributed by atoms with Crippen LogP contribution in [0.4, 0.5) is 8.78 Å². The summed E-state index contributed by atoms with van der Waals surface area (Å²) in [5, 5.41) is 0. The molecule has 0 aliphatic carbocycles. The van der Waals surface area contributed by atoms with Gasteiger partial charge < -0.3 is 0 Å². The highest BCUT2D eigenvalue weighted by Crippen LogP contribution is 2.21. The van der Waals surface area contributed by atoms with E-state index in [0.717, 1.165) is 0 Å². The Kier molecular flexibility index (Phi) is 2.81. The number of hydrogen-bond donors (Lipinski definition) is 0. The second-order valence-corrected chi connectivity index (χ2v) is 2.92. The fraction of sp³-hybridized carbons (Fsp3) is 0.273. The maximum atomic E-state index is 13.4. The molecule has 0 radical (unpaired) electrons. The van der Waals surface area contributed by atoms with Crippen LogP contribution in [0.3, 0.4) is 0 Å². The lowest BCUT2D eigenvalue weighted by atomic mass is 10.0. The van der Waals surface area contributed by atoms with Gasteiger partial charge in [0.05, 0.1) is 0 Å². The summed E-state index contributed by atoms with van der Waals surface area (Å²) in [6.45, 7) is 6.80. The van der Waals surface area contributed by atoms with E-state index in [-0.39, 0.29) is 5.56 Å². The van der Waals surface area contributed by atoms with Crippen LogP contribution in [0.5, 0.6) is 0 Å². The van der Waals surface area contributed by atoms with E-state index >= 15 is 0 Å². The van der Waals surface area contributed by atoms with Crippen LogP contribution < -0.4 is 0 Å². The average molecular weight is 182 g/mol. The van der Waals surface area contributed by atoms with Gasteiger partial charge in [0.2, 0.25) is 0 Å². The van der Waals surface area contributed by atoms with Crippen LogP contribution >= 0.6 is 0 Å². The Morgan fingerprint density at radius 2 is 2.08 bits per heavy atom. The molecule has 0 N–H and O–H groups in total. The Labute approximate surface area is 76.9 Å². The summed E-state index contributed by atoms with van der Waals surface area (Å²) in [4.78, 5) is 0.